The number of amides is 1. The molecule has 0 radical (unpaired) electrons. The van der Waals surface area contributed by atoms with Crippen molar-refractivity contribution in [2.45, 2.75) is 12.3 Å². The van der Waals surface area contributed by atoms with Gasteiger partial charge in [0.1, 0.15) is 5.01 Å². The minimum absolute atomic E-state index is 0.00327. The molecule has 0 saturated carbocycles. The Morgan fingerprint density at radius 1 is 1.27 bits per heavy atom. The van der Waals surface area contributed by atoms with Crippen LogP contribution in [0.3, 0.4) is 0 Å². The van der Waals surface area contributed by atoms with Crippen LogP contribution in [0.4, 0.5) is 8.78 Å². The van der Waals surface area contributed by atoms with E-state index in [2.05, 4.69) is 4.98 Å². The van der Waals surface area contributed by atoms with Gasteiger partial charge in [-0.2, -0.15) is 0 Å². The molecule has 1 amide bonds. The molecule has 1 atom stereocenters. The van der Waals surface area contributed by atoms with E-state index in [0.717, 1.165) is 20.1 Å². The van der Waals surface area contributed by atoms with Gasteiger partial charge >= 0.3 is 0 Å². The van der Waals surface area contributed by atoms with E-state index in [-0.39, 0.29) is 19.0 Å². The summed E-state index contributed by atoms with van der Waals surface area (Å²) in [6, 6.07) is 11.4. The van der Waals surface area contributed by atoms with E-state index < -0.39 is 24.9 Å². The Bertz CT molecular complexity index is 920. The lowest BCUT2D eigenvalue weighted by atomic mass is 9.94. The molecule has 1 saturated heterocycles. The van der Waals surface area contributed by atoms with Gasteiger partial charge in [0, 0.05) is 19.5 Å². The summed E-state index contributed by atoms with van der Waals surface area (Å²) in [7, 11) is 0. The topological polar surface area (TPSA) is 53.4 Å². The van der Waals surface area contributed by atoms with Crippen molar-refractivity contribution in [2.75, 3.05) is 19.7 Å². The zero-order valence-electron chi connectivity index (χ0n) is 13.7. The lowest BCUT2D eigenvalue weighted by Gasteiger charge is -2.37. The van der Waals surface area contributed by atoms with Gasteiger partial charge in [-0.15, -0.1) is 22.7 Å². The summed E-state index contributed by atoms with van der Waals surface area (Å²) in [6.07, 6.45) is -0.417. The van der Waals surface area contributed by atoms with Crippen molar-refractivity contribution in [3.63, 3.8) is 0 Å². The van der Waals surface area contributed by atoms with E-state index in [1.807, 2.05) is 30.3 Å². The number of alkyl halides is 2. The van der Waals surface area contributed by atoms with Crippen LogP contribution < -0.4 is 0 Å². The van der Waals surface area contributed by atoms with Crippen LogP contribution in [0, 0.1) is 5.92 Å². The molecule has 1 aliphatic heterocycles. The highest BCUT2D eigenvalue weighted by Crippen LogP contribution is 2.37. The fraction of sp³-hybridized carbons (Fsp3) is 0.333. The second kappa shape index (κ2) is 6.68. The third-order valence-electron chi connectivity index (χ3n) is 4.58. The summed E-state index contributed by atoms with van der Waals surface area (Å²) in [5.41, 5.74) is 0.915. The average molecular weight is 394 g/mol. The smallest absolute Gasteiger partial charge is 0.263 e. The molecule has 8 heteroatoms. The molecular formula is C18H16F2N2O2S2. The largest absolute Gasteiger partial charge is 0.396 e. The number of hydrogen-bond donors (Lipinski definition) is 1. The Morgan fingerprint density at radius 2 is 2.08 bits per heavy atom. The molecule has 4 rings (SSSR count). The Labute approximate surface area is 156 Å². The molecule has 1 aliphatic rings. The van der Waals surface area contributed by atoms with Crippen LogP contribution in [0.5, 0.6) is 0 Å². The van der Waals surface area contributed by atoms with Gasteiger partial charge < -0.3 is 10.0 Å². The molecule has 0 bridgehead atoms. The number of aliphatic hydroxyl groups is 1. The highest BCUT2D eigenvalue weighted by Gasteiger charge is 2.44. The molecule has 3 aromatic rings. The summed E-state index contributed by atoms with van der Waals surface area (Å²) < 4.78 is 28.5. The van der Waals surface area contributed by atoms with E-state index in [0.29, 0.717) is 4.88 Å². The lowest BCUT2D eigenvalue weighted by Crippen LogP contribution is -2.50. The summed E-state index contributed by atoms with van der Waals surface area (Å²) in [4.78, 5) is 20.1. The number of aromatic nitrogens is 1. The SMILES string of the molecule is O=C(c1ccc(-c2nc3ccccc3s2)s1)N1CCC(F)(F)C(CO)C1. The zero-order chi connectivity index (χ0) is 18.3. The molecule has 1 N–H and O–H groups in total. The number of aliphatic hydroxyl groups excluding tert-OH is 1. The van der Waals surface area contributed by atoms with E-state index in [4.69, 9.17) is 0 Å². The lowest BCUT2D eigenvalue weighted by molar-refractivity contribution is -0.113. The molecule has 136 valence electrons. The number of hydrogen-bond acceptors (Lipinski definition) is 5. The fourth-order valence-electron chi connectivity index (χ4n) is 3.06. The molecule has 1 unspecified atom stereocenters. The fourth-order valence-corrected chi connectivity index (χ4v) is 5.05. The maximum absolute atomic E-state index is 13.7. The van der Waals surface area contributed by atoms with Gasteiger partial charge in [-0.1, -0.05) is 12.1 Å². The van der Waals surface area contributed by atoms with Gasteiger partial charge in [-0.3, -0.25) is 4.79 Å². The summed E-state index contributed by atoms with van der Waals surface area (Å²) in [5.74, 6) is -4.40. The molecule has 4 nitrogen and oxygen atoms in total. The summed E-state index contributed by atoms with van der Waals surface area (Å²) in [6.45, 7) is -0.758. The number of rotatable bonds is 3. The van der Waals surface area contributed by atoms with Crippen LogP contribution in [0.2, 0.25) is 0 Å². The van der Waals surface area contributed by atoms with E-state index >= 15 is 0 Å². The number of halogens is 2. The highest BCUT2D eigenvalue weighted by atomic mass is 32.1. The highest BCUT2D eigenvalue weighted by molar-refractivity contribution is 7.26. The Morgan fingerprint density at radius 3 is 2.85 bits per heavy atom. The number of thiazole rings is 1. The van der Waals surface area contributed by atoms with Crippen molar-refractivity contribution in [3.05, 3.63) is 41.3 Å². The van der Waals surface area contributed by atoms with E-state index in [1.165, 1.54) is 16.2 Å². The monoisotopic (exact) mass is 394 g/mol. The summed E-state index contributed by atoms with van der Waals surface area (Å²) in [5, 5.41) is 10.0. The van der Waals surface area contributed by atoms with Crippen molar-refractivity contribution >= 4 is 38.8 Å². The number of likely N-dealkylation sites (tertiary alicyclic amines) is 1. The third-order valence-corrected chi connectivity index (χ3v) is 6.86. The van der Waals surface area contributed by atoms with Gasteiger partial charge in [0.05, 0.1) is 32.5 Å². The molecule has 3 heterocycles. The first kappa shape index (κ1) is 17.5. The minimum Gasteiger partial charge on any atom is -0.396 e. The van der Waals surface area contributed by atoms with Crippen LogP contribution >= 0.6 is 22.7 Å². The van der Waals surface area contributed by atoms with Crippen LogP contribution in [-0.4, -0.2) is 46.5 Å². The van der Waals surface area contributed by atoms with Crippen molar-refractivity contribution in [1.82, 2.24) is 9.88 Å². The van der Waals surface area contributed by atoms with Gasteiger partial charge in [0.25, 0.3) is 11.8 Å². The normalized spacial score (nSPS) is 19.8. The molecule has 1 fully saturated rings. The number of nitrogens with zero attached hydrogens (tertiary/aromatic N) is 2. The van der Waals surface area contributed by atoms with E-state index in [1.54, 1.807) is 17.4 Å². The van der Waals surface area contributed by atoms with Gasteiger partial charge in [0.15, 0.2) is 0 Å². The molecule has 0 spiro atoms. The van der Waals surface area contributed by atoms with Crippen LogP contribution in [-0.2, 0) is 0 Å². The van der Waals surface area contributed by atoms with Crippen LogP contribution in [0.25, 0.3) is 20.1 Å². The van der Waals surface area contributed by atoms with Crippen molar-refractivity contribution < 1.29 is 18.7 Å². The predicted molar refractivity (Wildman–Crippen MR) is 99.0 cm³/mol. The standard InChI is InChI=1S/C18H16F2N2O2S2/c19-18(20)7-8-22(9-11(18)10-23)17(24)15-6-5-14(25-15)16-21-12-3-1-2-4-13(12)26-16/h1-6,11,23H,7-10H2. The first-order chi connectivity index (χ1) is 12.5. The number of carbonyl (C=O) groups is 1. The van der Waals surface area contributed by atoms with Gasteiger partial charge in [-0.25, -0.2) is 13.8 Å². The van der Waals surface area contributed by atoms with Gasteiger partial charge in [-0.05, 0) is 24.3 Å². The number of carbonyl (C=O) groups excluding carboxylic acids is 1. The number of fused-ring (bicyclic) bond motifs is 1. The average Bonchev–Trinajstić information content (AvgIpc) is 3.27. The minimum atomic E-state index is -2.92. The quantitative estimate of drug-likeness (QED) is 0.727. The van der Waals surface area contributed by atoms with Gasteiger partial charge in [0.2, 0.25) is 0 Å². The zero-order valence-corrected chi connectivity index (χ0v) is 15.3. The maximum atomic E-state index is 13.7. The molecule has 2 aromatic heterocycles. The molecule has 1 aromatic carbocycles. The summed E-state index contributed by atoms with van der Waals surface area (Å²) >= 11 is 2.88. The second-order valence-electron chi connectivity index (χ2n) is 6.29. The molecular weight excluding hydrogens is 378 g/mol. The molecule has 26 heavy (non-hydrogen) atoms. The number of piperidine rings is 1. The number of benzene rings is 1. The molecule has 0 aliphatic carbocycles. The van der Waals surface area contributed by atoms with Crippen LogP contribution in [0.15, 0.2) is 36.4 Å². The Hall–Kier alpha value is -1.90. The Balaban J connectivity index is 1.55. The maximum Gasteiger partial charge on any atom is 0.263 e. The third kappa shape index (κ3) is 3.13. The van der Waals surface area contributed by atoms with Crippen LogP contribution in [0.1, 0.15) is 16.1 Å². The number of thiophene rings is 1. The second-order valence-corrected chi connectivity index (χ2v) is 8.41. The first-order valence-corrected chi connectivity index (χ1v) is 9.85. The first-order valence-electron chi connectivity index (χ1n) is 8.21. The van der Waals surface area contributed by atoms with Crippen molar-refractivity contribution in [2.24, 2.45) is 5.92 Å². The number of para-hydroxylation sites is 1. The van der Waals surface area contributed by atoms with Crippen molar-refractivity contribution in [3.8, 4) is 9.88 Å². The predicted octanol–water partition coefficient (Wildman–Crippen LogP) is 4.11. The van der Waals surface area contributed by atoms with E-state index in [9.17, 15) is 18.7 Å². The van der Waals surface area contributed by atoms with Crippen molar-refractivity contribution in [1.29, 1.82) is 0 Å². The Kier molecular flexibility index (Phi) is 4.50.